The van der Waals surface area contributed by atoms with Crippen molar-refractivity contribution >= 4 is 40.6 Å². The number of ketones is 1. The van der Waals surface area contributed by atoms with Gasteiger partial charge in [0.25, 0.3) is 0 Å². The van der Waals surface area contributed by atoms with Crippen LogP contribution < -0.4 is 4.78 Å². The Balaban J connectivity index is 1.85. The molecule has 0 aliphatic carbocycles. The van der Waals surface area contributed by atoms with Crippen LogP contribution in [0.1, 0.15) is 43.1 Å². The summed E-state index contributed by atoms with van der Waals surface area (Å²) in [7, 11) is -0.525. The second kappa shape index (κ2) is 5.67. The molecule has 1 fully saturated rings. The molecular weight excluding hydrogens is 335 g/mol. The van der Waals surface area contributed by atoms with E-state index in [-0.39, 0.29) is 10.9 Å². The molecule has 5 nitrogen and oxygen atoms in total. The first-order valence-electron chi connectivity index (χ1n) is 7.18. The van der Waals surface area contributed by atoms with Gasteiger partial charge in [0.05, 0.1) is 21.5 Å². The van der Waals surface area contributed by atoms with Crippen molar-refractivity contribution in [2.75, 3.05) is 0 Å². The van der Waals surface area contributed by atoms with Gasteiger partial charge in [0, 0.05) is 12.4 Å². The average Bonchev–Trinajstić information content (AvgIpc) is 3.02. The smallest absolute Gasteiger partial charge is 0.399 e. The normalized spacial score (nSPS) is 19.1. The van der Waals surface area contributed by atoms with E-state index in [1.807, 2.05) is 27.7 Å². The highest BCUT2D eigenvalue weighted by Crippen LogP contribution is 2.36. The predicted octanol–water partition coefficient (Wildman–Crippen LogP) is 2.72. The molecule has 8 heteroatoms. The van der Waals surface area contributed by atoms with E-state index in [0.29, 0.717) is 10.6 Å². The summed E-state index contributed by atoms with van der Waals surface area (Å²) in [6.45, 7) is 7.93. The fourth-order valence-corrected chi connectivity index (χ4v) is 3.16. The molecule has 1 aliphatic heterocycles. The van der Waals surface area contributed by atoms with E-state index in [2.05, 4.69) is 9.97 Å². The lowest BCUT2D eigenvalue weighted by atomic mass is 9.89. The zero-order chi connectivity index (χ0) is 16.8. The van der Waals surface area contributed by atoms with Crippen LogP contribution in [0.3, 0.4) is 0 Å². The highest BCUT2D eigenvalue weighted by atomic mass is 35.5. The second-order valence-corrected chi connectivity index (χ2v) is 7.75. The average molecular weight is 351 g/mol. The van der Waals surface area contributed by atoms with Gasteiger partial charge in [0.1, 0.15) is 5.15 Å². The van der Waals surface area contributed by atoms with Crippen LogP contribution in [0.4, 0.5) is 0 Å². The Hall–Kier alpha value is -1.28. The molecule has 1 aliphatic rings. The molecule has 0 N–H and O–H groups in total. The number of carbonyl (C=O) groups is 1. The summed E-state index contributed by atoms with van der Waals surface area (Å²) in [5.74, 6) is -0.254. The van der Waals surface area contributed by atoms with Crippen molar-refractivity contribution in [1.29, 1.82) is 0 Å². The Morgan fingerprint density at radius 2 is 1.87 bits per heavy atom. The van der Waals surface area contributed by atoms with Crippen molar-refractivity contribution in [2.45, 2.75) is 38.9 Å². The Morgan fingerprint density at radius 1 is 1.22 bits per heavy atom. The third kappa shape index (κ3) is 2.94. The number of carbonyl (C=O) groups excluding carboxylic acids is 1. The van der Waals surface area contributed by atoms with Crippen LogP contribution in [0.25, 0.3) is 0 Å². The summed E-state index contributed by atoms with van der Waals surface area (Å²) in [4.78, 5) is 20.6. The quantitative estimate of drug-likeness (QED) is 0.484. The van der Waals surface area contributed by atoms with Gasteiger partial charge in [0.2, 0.25) is 5.78 Å². The van der Waals surface area contributed by atoms with Crippen molar-refractivity contribution < 1.29 is 14.1 Å². The van der Waals surface area contributed by atoms with Crippen LogP contribution in [-0.2, 0) is 9.31 Å². The molecule has 2 aromatic heterocycles. The van der Waals surface area contributed by atoms with Gasteiger partial charge in [0.15, 0.2) is 5.01 Å². The topological polar surface area (TPSA) is 61.3 Å². The Morgan fingerprint density at radius 3 is 2.48 bits per heavy atom. The summed E-state index contributed by atoms with van der Waals surface area (Å²) in [6, 6.07) is 3.30. The molecule has 3 heterocycles. The molecule has 0 aromatic carbocycles. The highest BCUT2D eigenvalue weighted by molar-refractivity contribution is 7.23. The number of thiazole rings is 1. The lowest BCUT2D eigenvalue weighted by Gasteiger charge is -2.32. The summed E-state index contributed by atoms with van der Waals surface area (Å²) >= 11 is 7.22. The van der Waals surface area contributed by atoms with E-state index in [1.165, 1.54) is 17.5 Å². The fourth-order valence-electron chi connectivity index (χ4n) is 2.13. The first-order valence-corrected chi connectivity index (χ1v) is 8.37. The molecule has 23 heavy (non-hydrogen) atoms. The SMILES string of the molecule is CC1(C)OB(c2cnc(C(=O)c3cccnc3Cl)s2)OC1(C)C. The van der Waals surface area contributed by atoms with Gasteiger partial charge < -0.3 is 9.31 Å². The molecule has 0 amide bonds. The van der Waals surface area contributed by atoms with Crippen molar-refractivity contribution in [3.63, 3.8) is 0 Å². The van der Waals surface area contributed by atoms with Gasteiger partial charge in [-0.25, -0.2) is 9.97 Å². The van der Waals surface area contributed by atoms with Gasteiger partial charge in [-0.05, 0) is 39.8 Å². The third-order valence-electron chi connectivity index (χ3n) is 4.21. The molecule has 0 saturated carbocycles. The van der Waals surface area contributed by atoms with Crippen molar-refractivity contribution in [1.82, 2.24) is 9.97 Å². The van der Waals surface area contributed by atoms with Gasteiger partial charge >= 0.3 is 7.12 Å². The second-order valence-electron chi connectivity index (χ2n) is 6.33. The lowest BCUT2D eigenvalue weighted by Crippen LogP contribution is -2.41. The van der Waals surface area contributed by atoms with Gasteiger partial charge in [-0.2, -0.15) is 0 Å². The number of halogens is 1. The molecule has 0 atom stereocenters. The standard InChI is InChI=1S/C15H16BClN2O3S/c1-14(2)15(3,4)22-16(21-14)10-8-19-13(23-10)11(20)9-6-5-7-18-12(9)17/h5-8H,1-4H3. The fraction of sp³-hybridized carbons (Fsp3) is 0.400. The zero-order valence-electron chi connectivity index (χ0n) is 13.3. The largest absolute Gasteiger partial charge is 0.507 e. The number of aromatic nitrogens is 2. The van der Waals surface area contributed by atoms with Crippen molar-refractivity contribution in [2.24, 2.45) is 0 Å². The maximum Gasteiger partial charge on any atom is 0.507 e. The molecule has 3 rings (SSSR count). The summed E-state index contributed by atoms with van der Waals surface area (Å²) in [6.07, 6.45) is 3.15. The van der Waals surface area contributed by atoms with Crippen LogP contribution in [0, 0.1) is 0 Å². The van der Waals surface area contributed by atoms with Gasteiger partial charge in [-0.3, -0.25) is 4.79 Å². The van der Waals surface area contributed by atoms with Crippen LogP contribution in [0.5, 0.6) is 0 Å². The minimum atomic E-state index is -0.525. The number of nitrogens with zero attached hydrogens (tertiary/aromatic N) is 2. The minimum absolute atomic E-state index is 0.171. The monoisotopic (exact) mass is 350 g/mol. The van der Waals surface area contributed by atoms with E-state index in [9.17, 15) is 4.79 Å². The van der Waals surface area contributed by atoms with Crippen LogP contribution in [0.15, 0.2) is 24.5 Å². The number of pyridine rings is 1. The van der Waals surface area contributed by atoms with Gasteiger partial charge in [-0.15, -0.1) is 11.3 Å². The maximum absolute atomic E-state index is 12.5. The first-order chi connectivity index (χ1) is 10.7. The molecule has 0 radical (unpaired) electrons. The number of hydrogen-bond acceptors (Lipinski definition) is 6. The van der Waals surface area contributed by atoms with Crippen LogP contribution in [0.2, 0.25) is 5.15 Å². The van der Waals surface area contributed by atoms with E-state index in [0.717, 1.165) is 4.78 Å². The maximum atomic E-state index is 12.5. The van der Waals surface area contributed by atoms with Crippen molar-refractivity contribution in [3.05, 3.63) is 40.3 Å². The highest BCUT2D eigenvalue weighted by Gasteiger charge is 2.52. The molecule has 0 spiro atoms. The van der Waals surface area contributed by atoms with E-state index >= 15 is 0 Å². The minimum Gasteiger partial charge on any atom is -0.399 e. The summed E-state index contributed by atoms with van der Waals surface area (Å²) in [5, 5.41) is 0.509. The predicted molar refractivity (Wildman–Crippen MR) is 90.5 cm³/mol. The molecular formula is C15H16BClN2O3S. The number of hydrogen-bond donors (Lipinski definition) is 0. The first kappa shape index (κ1) is 16.6. The number of rotatable bonds is 3. The van der Waals surface area contributed by atoms with Crippen molar-refractivity contribution in [3.8, 4) is 0 Å². The Labute approximate surface area is 144 Å². The molecule has 120 valence electrons. The van der Waals surface area contributed by atoms with E-state index in [1.54, 1.807) is 18.3 Å². The Kier molecular flexibility index (Phi) is 4.08. The summed E-state index contributed by atoms with van der Waals surface area (Å²) in [5.41, 5.74) is -0.527. The third-order valence-corrected chi connectivity index (χ3v) is 5.53. The molecule has 0 bridgehead atoms. The summed E-state index contributed by atoms with van der Waals surface area (Å²) < 4.78 is 12.7. The van der Waals surface area contributed by atoms with E-state index in [4.69, 9.17) is 20.9 Å². The van der Waals surface area contributed by atoms with Gasteiger partial charge in [-0.1, -0.05) is 11.6 Å². The zero-order valence-corrected chi connectivity index (χ0v) is 14.9. The van der Waals surface area contributed by atoms with Crippen LogP contribution in [-0.4, -0.2) is 34.1 Å². The molecule has 1 saturated heterocycles. The lowest BCUT2D eigenvalue weighted by molar-refractivity contribution is 0.00578. The Bertz CT molecular complexity index is 747. The van der Waals surface area contributed by atoms with E-state index < -0.39 is 18.3 Å². The van der Waals surface area contributed by atoms with Crippen LogP contribution >= 0.6 is 22.9 Å². The molecule has 2 aromatic rings. The molecule has 0 unspecified atom stereocenters.